The standard InChI is InChI=1S/C34H34O3/c1-3-23(2)19-36-29-17-33-18-30(37-20-24-11-5-4-6-12-24)32(29)31-25-13-7-9-15-27(25)34(33,22-35-21-33)28-16-10-8-14-26(28)31/h4-18,23,31-32H,3,19-22H2,1-2H3/t23-,31?,32+,33-,34?/m0/s1. The molecule has 6 aliphatic carbocycles. The zero-order valence-electron chi connectivity index (χ0n) is 21.7. The first-order chi connectivity index (χ1) is 18.2. The predicted molar refractivity (Wildman–Crippen MR) is 145 cm³/mol. The molecule has 0 unspecified atom stereocenters. The van der Waals surface area contributed by atoms with Crippen LogP contribution in [0, 0.1) is 17.3 Å². The third-order valence-electron chi connectivity index (χ3n) is 9.19. The minimum Gasteiger partial charge on any atom is -0.497 e. The van der Waals surface area contributed by atoms with Crippen LogP contribution < -0.4 is 0 Å². The summed E-state index contributed by atoms with van der Waals surface area (Å²) < 4.78 is 20.0. The zero-order chi connectivity index (χ0) is 25.0. The zero-order valence-corrected chi connectivity index (χ0v) is 21.7. The van der Waals surface area contributed by atoms with Crippen molar-refractivity contribution >= 4 is 0 Å². The number of ether oxygens (including phenoxy) is 3. The van der Waals surface area contributed by atoms with Crippen LogP contribution in [0.1, 0.15) is 54.0 Å². The average molecular weight is 491 g/mol. The molecule has 1 heterocycles. The normalized spacial score (nSPS) is 29.2. The maximum atomic E-state index is 6.77. The molecule has 1 saturated heterocycles. The van der Waals surface area contributed by atoms with E-state index < -0.39 is 0 Å². The molecule has 3 atom stereocenters. The molecule has 0 saturated carbocycles. The molecule has 3 heteroatoms. The lowest BCUT2D eigenvalue weighted by atomic mass is 9.48. The fourth-order valence-corrected chi connectivity index (χ4v) is 7.16. The van der Waals surface area contributed by atoms with Crippen LogP contribution in [0.15, 0.2) is 103 Å². The van der Waals surface area contributed by atoms with E-state index in [4.69, 9.17) is 14.2 Å². The molecule has 0 N–H and O–H groups in total. The molecule has 0 radical (unpaired) electrons. The second-order valence-electron chi connectivity index (χ2n) is 11.3. The van der Waals surface area contributed by atoms with E-state index in [-0.39, 0.29) is 22.7 Å². The van der Waals surface area contributed by atoms with Gasteiger partial charge in [0.15, 0.2) is 0 Å². The van der Waals surface area contributed by atoms with Crippen molar-refractivity contribution in [2.24, 2.45) is 17.3 Å². The van der Waals surface area contributed by atoms with Gasteiger partial charge in [0.1, 0.15) is 18.1 Å². The average Bonchev–Trinajstić information content (AvgIpc) is 3.26. The van der Waals surface area contributed by atoms with Crippen molar-refractivity contribution in [3.63, 3.8) is 0 Å². The van der Waals surface area contributed by atoms with E-state index in [1.807, 2.05) is 0 Å². The highest BCUT2D eigenvalue weighted by molar-refractivity contribution is 5.65. The molecule has 4 bridgehead atoms. The van der Waals surface area contributed by atoms with Gasteiger partial charge in [-0.05, 0) is 45.9 Å². The monoisotopic (exact) mass is 490 g/mol. The number of hydrogen-bond acceptors (Lipinski definition) is 3. The fourth-order valence-electron chi connectivity index (χ4n) is 7.16. The largest absolute Gasteiger partial charge is 0.497 e. The molecule has 0 aromatic heterocycles. The Hall–Kier alpha value is -3.30. The summed E-state index contributed by atoms with van der Waals surface area (Å²) in [4.78, 5) is 0. The second-order valence-corrected chi connectivity index (χ2v) is 11.3. The molecule has 2 spiro atoms. The van der Waals surface area contributed by atoms with Gasteiger partial charge in [0.05, 0.1) is 36.6 Å². The van der Waals surface area contributed by atoms with Gasteiger partial charge in [0.25, 0.3) is 0 Å². The van der Waals surface area contributed by atoms with Crippen LogP contribution in [-0.2, 0) is 26.2 Å². The van der Waals surface area contributed by atoms with E-state index in [2.05, 4.69) is 105 Å². The second kappa shape index (κ2) is 8.63. The Morgan fingerprint density at radius 2 is 1.41 bits per heavy atom. The van der Waals surface area contributed by atoms with Crippen molar-refractivity contribution in [2.75, 3.05) is 19.8 Å². The molecule has 37 heavy (non-hydrogen) atoms. The summed E-state index contributed by atoms with van der Waals surface area (Å²) in [5.41, 5.74) is 6.05. The predicted octanol–water partition coefficient (Wildman–Crippen LogP) is 7.13. The van der Waals surface area contributed by atoms with Gasteiger partial charge in [-0.2, -0.15) is 0 Å². The third-order valence-corrected chi connectivity index (χ3v) is 9.19. The van der Waals surface area contributed by atoms with Crippen molar-refractivity contribution in [2.45, 2.75) is 38.2 Å². The Bertz CT molecular complexity index is 1340. The first kappa shape index (κ1) is 22.9. The maximum Gasteiger partial charge on any atom is 0.113 e. The Kier molecular flexibility index (Phi) is 5.33. The Morgan fingerprint density at radius 3 is 2.08 bits per heavy atom. The molecule has 0 amide bonds. The van der Waals surface area contributed by atoms with E-state index in [1.165, 1.54) is 27.8 Å². The van der Waals surface area contributed by atoms with Crippen molar-refractivity contribution in [3.05, 3.63) is 130 Å². The molecular weight excluding hydrogens is 456 g/mol. The molecule has 10 rings (SSSR count). The highest BCUT2D eigenvalue weighted by Crippen LogP contribution is 2.66. The summed E-state index contributed by atoms with van der Waals surface area (Å²) >= 11 is 0. The van der Waals surface area contributed by atoms with E-state index in [9.17, 15) is 0 Å². The summed E-state index contributed by atoms with van der Waals surface area (Å²) in [7, 11) is 0. The van der Waals surface area contributed by atoms with Crippen molar-refractivity contribution < 1.29 is 14.2 Å². The SMILES string of the molecule is CC[C@H](C)COC1=C[C@@]23C=C(OCc4ccccc4)[C@@H]1C1c4ccccc4C2(COC3)c2ccccc21. The van der Waals surface area contributed by atoms with Gasteiger partial charge in [-0.25, -0.2) is 0 Å². The van der Waals surface area contributed by atoms with Gasteiger partial charge in [0.2, 0.25) is 0 Å². The first-order valence-electron chi connectivity index (χ1n) is 13.7. The topological polar surface area (TPSA) is 27.7 Å². The summed E-state index contributed by atoms with van der Waals surface area (Å²) in [6, 6.07) is 28.5. The fraction of sp³-hybridized carbons (Fsp3) is 0.353. The minimum absolute atomic E-state index is 0.0143. The summed E-state index contributed by atoms with van der Waals surface area (Å²) in [5, 5.41) is 0. The lowest BCUT2D eigenvalue weighted by Gasteiger charge is -2.54. The highest BCUT2D eigenvalue weighted by atomic mass is 16.5. The van der Waals surface area contributed by atoms with Crippen LogP contribution in [0.2, 0.25) is 0 Å². The van der Waals surface area contributed by atoms with Crippen LogP contribution in [0.4, 0.5) is 0 Å². The Morgan fingerprint density at radius 1 is 0.784 bits per heavy atom. The lowest BCUT2D eigenvalue weighted by molar-refractivity contribution is 0.0864. The molecule has 3 nitrogen and oxygen atoms in total. The van der Waals surface area contributed by atoms with Crippen LogP contribution in [-0.4, -0.2) is 19.8 Å². The molecule has 1 fully saturated rings. The highest BCUT2D eigenvalue weighted by Gasteiger charge is 2.64. The van der Waals surface area contributed by atoms with Gasteiger partial charge in [-0.1, -0.05) is 99.1 Å². The minimum atomic E-state index is -0.377. The molecular formula is C34H34O3. The molecule has 188 valence electrons. The Balaban J connectivity index is 1.45. The summed E-state index contributed by atoms with van der Waals surface area (Å²) in [6.45, 7) is 7.01. The van der Waals surface area contributed by atoms with Crippen LogP contribution in [0.5, 0.6) is 0 Å². The summed E-state index contributed by atoms with van der Waals surface area (Å²) in [6.07, 6.45) is 5.92. The maximum absolute atomic E-state index is 6.77. The van der Waals surface area contributed by atoms with Crippen LogP contribution in [0.25, 0.3) is 0 Å². The molecule has 7 aliphatic rings. The van der Waals surface area contributed by atoms with Gasteiger partial charge in [-0.15, -0.1) is 0 Å². The lowest BCUT2D eigenvalue weighted by Crippen LogP contribution is -2.52. The molecule has 1 aliphatic heterocycles. The van der Waals surface area contributed by atoms with Gasteiger partial charge in [0, 0.05) is 5.92 Å². The summed E-state index contributed by atoms with van der Waals surface area (Å²) in [5.74, 6) is 2.68. The Labute approximate surface area is 219 Å². The van der Waals surface area contributed by atoms with Crippen molar-refractivity contribution in [1.29, 1.82) is 0 Å². The molecule has 3 aromatic rings. The van der Waals surface area contributed by atoms with Crippen molar-refractivity contribution in [1.82, 2.24) is 0 Å². The number of hydrogen-bond donors (Lipinski definition) is 0. The quantitative estimate of drug-likeness (QED) is 0.353. The van der Waals surface area contributed by atoms with Crippen LogP contribution in [0.3, 0.4) is 0 Å². The van der Waals surface area contributed by atoms with E-state index in [0.717, 1.165) is 17.9 Å². The van der Waals surface area contributed by atoms with Gasteiger partial charge < -0.3 is 14.2 Å². The third kappa shape index (κ3) is 3.23. The van der Waals surface area contributed by atoms with Gasteiger partial charge in [-0.3, -0.25) is 0 Å². The van der Waals surface area contributed by atoms with Crippen molar-refractivity contribution in [3.8, 4) is 0 Å². The van der Waals surface area contributed by atoms with Crippen LogP contribution >= 0.6 is 0 Å². The first-order valence-corrected chi connectivity index (χ1v) is 13.7. The van der Waals surface area contributed by atoms with E-state index in [1.54, 1.807) is 0 Å². The smallest absolute Gasteiger partial charge is 0.113 e. The van der Waals surface area contributed by atoms with Gasteiger partial charge >= 0.3 is 0 Å². The van der Waals surface area contributed by atoms with E-state index >= 15 is 0 Å². The number of rotatable bonds is 7. The van der Waals surface area contributed by atoms with E-state index in [0.29, 0.717) is 32.3 Å². The molecule has 3 aromatic carbocycles. The number of benzene rings is 3.